The summed E-state index contributed by atoms with van der Waals surface area (Å²) < 4.78 is 17.6. The summed E-state index contributed by atoms with van der Waals surface area (Å²) in [6.07, 6.45) is 6.28. The molecule has 2 atom stereocenters. The number of amides is 1. The third-order valence-corrected chi connectivity index (χ3v) is 9.34. The molecular formula is C29H27Cl3FN7OS. The van der Waals surface area contributed by atoms with E-state index in [1.54, 1.807) is 28.7 Å². The molecule has 1 saturated heterocycles. The molecule has 2 aliphatic rings. The Kier molecular flexibility index (Phi) is 8.26. The fourth-order valence-electron chi connectivity index (χ4n) is 5.90. The normalized spacial score (nSPS) is 17.6. The molecule has 1 fully saturated rings. The van der Waals surface area contributed by atoms with Gasteiger partial charge in [-0.3, -0.25) is 14.8 Å². The molecule has 0 saturated carbocycles. The fraction of sp³-hybridized carbons (Fsp3) is 0.310. The van der Waals surface area contributed by atoms with Crippen molar-refractivity contribution in [2.45, 2.75) is 43.9 Å². The number of benzene rings is 2. The molecule has 7 rings (SSSR count). The van der Waals surface area contributed by atoms with Crippen molar-refractivity contribution in [2.75, 3.05) is 18.4 Å². The second-order valence-corrected chi connectivity index (χ2v) is 12.2. The number of anilines is 1. The predicted molar refractivity (Wildman–Crippen MR) is 167 cm³/mol. The van der Waals surface area contributed by atoms with E-state index < -0.39 is 18.1 Å². The molecule has 5 aromatic rings. The maximum absolute atomic E-state index is 14.3. The van der Waals surface area contributed by atoms with Crippen LogP contribution in [0.15, 0.2) is 54.4 Å². The molecule has 8 nitrogen and oxygen atoms in total. The number of thiazole rings is 1. The summed E-state index contributed by atoms with van der Waals surface area (Å²) in [7, 11) is 0. The van der Waals surface area contributed by atoms with Crippen molar-refractivity contribution >= 4 is 68.9 Å². The van der Waals surface area contributed by atoms with Crippen molar-refractivity contribution in [3.05, 3.63) is 81.4 Å². The van der Waals surface area contributed by atoms with Crippen LogP contribution >= 0.6 is 46.9 Å². The highest BCUT2D eigenvalue weighted by molar-refractivity contribution is 7.13. The van der Waals surface area contributed by atoms with E-state index in [9.17, 15) is 9.18 Å². The van der Waals surface area contributed by atoms with E-state index in [4.69, 9.17) is 28.3 Å². The zero-order chi connectivity index (χ0) is 28.1. The van der Waals surface area contributed by atoms with Crippen LogP contribution in [0.3, 0.4) is 0 Å². The standard InChI is InChI=1S/C29H26Cl2FN7OS.ClH/c30-22-12-20(18-3-1-16(2-4-18)17-5-7-33-8-6-17)24(31)25-21(22)14-39(37-25)27(28(40)36-29-34-9-10-41-29)26-23-11-19(32)13-38(23)15-35-26;/h1-4,9-10,12,14-15,17,19,27,33H,5-8,11,13H2,(H,34,36,40);1H. The number of imidazole rings is 1. The summed E-state index contributed by atoms with van der Waals surface area (Å²) in [5, 5.41) is 14.8. The van der Waals surface area contributed by atoms with Gasteiger partial charge in [0, 0.05) is 40.8 Å². The van der Waals surface area contributed by atoms with Crippen LogP contribution < -0.4 is 10.6 Å². The highest BCUT2D eigenvalue weighted by Crippen LogP contribution is 2.40. The Balaban J connectivity index is 0.00000316. The second-order valence-electron chi connectivity index (χ2n) is 10.5. The van der Waals surface area contributed by atoms with E-state index in [0.29, 0.717) is 43.4 Å². The number of hydrogen-bond donors (Lipinski definition) is 2. The van der Waals surface area contributed by atoms with Gasteiger partial charge in [-0.15, -0.1) is 23.7 Å². The second kappa shape index (κ2) is 11.9. The first-order valence-electron chi connectivity index (χ1n) is 13.5. The van der Waals surface area contributed by atoms with Crippen LogP contribution in [0.25, 0.3) is 22.0 Å². The molecule has 0 bridgehead atoms. The molecule has 42 heavy (non-hydrogen) atoms. The lowest BCUT2D eigenvalue weighted by Gasteiger charge is -2.23. The molecule has 1 amide bonds. The van der Waals surface area contributed by atoms with E-state index in [-0.39, 0.29) is 25.4 Å². The summed E-state index contributed by atoms with van der Waals surface area (Å²) in [4.78, 5) is 22.4. The van der Waals surface area contributed by atoms with Gasteiger partial charge in [-0.2, -0.15) is 5.10 Å². The average Bonchev–Trinajstić information content (AvgIpc) is 3.78. The first-order valence-corrected chi connectivity index (χ1v) is 15.2. The zero-order valence-corrected chi connectivity index (χ0v) is 25.4. The Hall–Kier alpha value is -3.02. The van der Waals surface area contributed by atoms with Gasteiger partial charge in [0.25, 0.3) is 5.91 Å². The van der Waals surface area contributed by atoms with E-state index in [1.807, 2.05) is 6.07 Å². The van der Waals surface area contributed by atoms with Crippen molar-refractivity contribution in [1.29, 1.82) is 0 Å². The van der Waals surface area contributed by atoms with Crippen molar-refractivity contribution in [1.82, 2.24) is 29.6 Å². The van der Waals surface area contributed by atoms with Crippen molar-refractivity contribution in [2.24, 2.45) is 0 Å². The maximum Gasteiger partial charge on any atom is 0.257 e. The Bertz CT molecular complexity index is 1730. The zero-order valence-electron chi connectivity index (χ0n) is 22.3. The first-order chi connectivity index (χ1) is 20.0. The smallest absolute Gasteiger partial charge is 0.257 e. The van der Waals surface area contributed by atoms with Crippen LogP contribution in [-0.4, -0.2) is 49.5 Å². The van der Waals surface area contributed by atoms with Gasteiger partial charge in [-0.25, -0.2) is 14.4 Å². The summed E-state index contributed by atoms with van der Waals surface area (Å²) in [6, 6.07) is 9.33. The van der Waals surface area contributed by atoms with Crippen LogP contribution in [0.2, 0.25) is 10.0 Å². The highest BCUT2D eigenvalue weighted by Gasteiger charge is 2.34. The number of piperidine rings is 1. The third-order valence-electron chi connectivity index (χ3n) is 7.96. The molecule has 3 aromatic heterocycles. The number of hydrogen-bond acceptors (Lipinski definition) is 6. The van der Waals surface area contributed by atoms with Gasteiger partial charge in [0.2, 0.25) is 0 Å². The summed E-state index contributed by atoms with van der Waals surface area (Å²) in [6.45, 7) is 2.28. The topological polar surface area (TPSA) is 89.7 Å². The van der Waals surface area contributed by atoms with E-state index >= 15 is 0 Å². The summed E-state index contributed by atoms with van der Waals surface area (Å²) in [5.41, 5.74) is 4.60. The van der Waals surface area contributed by atoms with E-state index in [0.717, 1.165) is 37.1 Å². The molecule has 2 aliphatic heterocycles. The molecule has 0 spiro atoms. The predicted octanol–water partition coefficient (Wildman–Crippen LogP) is 6.67. The molecule has 218 valence electrons. The number of carbonyl (C=O) groups is 1. The summed E-state index contributed by atoms with van der Waals surface area (Å²) >= 11 is 15.1. The fourth-order valence-corrected chi connectivity index (χ4v) is 6.99. The van der Waals surface area contributed by atoms with Gasteiger partial charge in [-0.1, -0.05) is 47.5 Å². The lowest BCUT2D eigenvalue weighted by molar-refractivity contribution is -0.118. The highest BCUT2D eigenvalue weighted by atomic mass is 35.5. The van der Waals surface area contributed by atoms with Crippen LogP contribution in [0.4, 0.5) is 9.52 Å². The van der Waals surface area contributed by atoms with Crippen molar-refractivity contribution < 1.29 is 9.18 Å². The van der Waals surface area contributed by atoms with Gasteiger partial charge in [0.05, 0.1) is 28.6 Å². The van der Waals surface area contributed by atoms with Gasteiger partial charge in [0.1, 0.15) is 11.7 Å². The average molecular weight is 647 g/mol. The Morgan fingerprint density at radius 1 is 1.17 bits per heavy atom. The Morgan fingerprint density at radius 2 is 1.95 bits per heavy atom. The number of aromatic nitrogens is 5. The lowest BCUT2D eigenvalue weighted by atomic mass is 9.89. The number of nitrogens with one attached hydrogen (secondary N) is 2. The Morgan fingerprint density at radius 3 is 2.69 bits per heavy atom. The van der Waals surface area contributed by atoms with E-state index in [2.05, 4.69) is 44.9 Å². The molecule has 0 aliphatic carbocycles. The molecule has 0 radical (unpaired) electrons. The van der Waals surface area contributed by atoms with Crippen LogP contribution in [0, 0.1) is 0 Å². The maximum atomic E-state index is 14.3. The first kappa shape index (κ1) is 29.1. The van der Waals surface area contributed by atoms with Crippen molar-refractivity contribution in [3.63, 3.8) is 0 Å². The quantitative estimate of drug-likeness (QED) is 0.215. The monoisotopic (exact) mass is 645 g/mol. The lowest BCUT2D eigenvalue weighted by Crippen LogP contribution is -2.28. The summed E-state index contributed by atoms with van der Waals surface area (Å²) in [5.74, 6) is 0.157. The molecule has 2 unspecified atom stereocenters. The number of alkyl halides is 1. The number of nitrogens with zero attached hydrogens (tertiary/aromatic N) is 5. The van der Waals surface area contributed by atoms with Gasteiger partial charge < -0.3 is 9.88 Å². The molecule has 5 heterocycles. The minimum absolute atomic E-state index is 0. The molecule has 2 N–H and O–H groups in total. The number of carbonyl (C=O) groups excluding carboxylic acids is 1. The van der Waals surface area contributed by atoms with Crippen LogP contribution in [0.1, 0.15) is 41.8 Å². The molecule has 13 heteroatoms. The number of rotatable bonds is 6. The van der Waals surface area contributed by atoms with Gasteiger partial charge in [0.15, 0.2) is 11.2 Å². The van der Waals surface area contributed by atoms with Crippen LogP contribution in [0.5, 0.6) is 0 Å². The van der Waals surface area contributed by atoms with Gasteiger partial charge in [-0.05, 0) is 49.0 Å². The molecule has 2 aromatic carbocycles. The van der Waals surface area contributed by atoms with E-state index in [1.165, 1.54) is 21.6 Å². The number of halogens is 4. The minimum atomic E-state index is -1.03. The van der Waals surface area contributed by atoms with Gasteiger partial charge >= 0.3 is 0 Å². The van der Waals surface area contributed by atoms with Crippen LogP contribution in [-0.2, 0) is 17.8 Å². The SMILES string of the molecule is Cl.O=C(Nc1nccs1)C(c1ncn2c1CC(F)C2)n1cc2c(Cl)cc(-c3ccc(C4CCNCC4)cc3)c(Cl)c2n1. The Labute approximate surface area is 261 Å². The van der Waals surface area contributed by atoms with Crippen molar-refractivity contribution in [3.8, 4) is 11.1 Å². The molecular weight excluding hydrogens is 620 g/mol. The largest absolute Gasteiger partial charge is 0.331 e. The minimum Gasteiger partial charge on any atom is -0.331 e. The number of fused-ring (bicyclic) bond motifs is 2. The third kappa shape index (κ3) is 5.31.